The minimum atomic E-state index is -1.31. The summed E-state index contributed by atoms with van der Waals surface area (Å²) in [6.45, 7) is -5.15. The number of nitrogens with zero attached hydrogens (tertiary/aromatic N) is 6. The molecule has 0 spiro atoms. The molecular formula is C55H50N6O19S. The predicted molar refractivity (Wildman–Crippen MR) is 284 cm³/mol. The molecule has 0 saturated carbocycles. The summed E-state index contributed by atoms with van der Waals surface area (Å²) in [4.78, 5) is 111. The number of thiocarbonyl (C=S) groups is 1. The lowest BCUT2D eigenvalue weighted by molar-refractivity contribution is -0.143. The van der Waals surface area contributed by atoms with E-state index in [-0.39, 0.29) is 72.5 Å². The molecule has 0 saturated heterocycles. The van der Waals surface area contributed by atoms with Crippen molar-refractivity contribution in [2.45, 2.75) is 32.6 Å². The van der Waals surface area contributed by atoms with Crippen LogP contribution in [0, 0.1) is 23.7 Å². The first-order valence-corrected chi connectivity index (χ1v) is 24.2. The van der Waals surface area contributed by atoms with Gasteiger partial charge in [-0.15, -0.1) is 0 Å². The lowest BCUT2D eigenvalue weighted by atomic mass is 10.1. The van der Waals surface area contributed by atoms with Crippen LogP contribution in [-0.2, 0) is 71.0 Å². The smallest absolute Gasteiger partial charge is 0.341 e. The number of aldehydes is 1. The van der Waals surface area contributed by atoms with E-state index in [2.05, 4.69) is 33.8 Å². The molecule has 0 fully saturated rings. The summed E-state index contributed by atoms with van der Waals surface area (Å²) < 4.78 is 21.3. The lowest BCUT2D eigenvalue weighted by Crippen LogP contribution is -2.34. The third-order valence-corrected chi connectivity index (χ3v) is 10.6. The molecular weight excluding hydrogens is 1080 g/mol. The Balaban J connectivity index is 1.66. The molecule has 25 nitrogen and oxygen atoms in total. The Bertz CT molecular complexity index is 3240. The number of hydrogen-bond donors (Lipinski definition) is 7. The second-order valence-electron chi connectivity index (χ2n) is 17.3. The Morgan fingerprint density at radius 2 is 0.802 bits per heavy atom. The highest BCUT2D eigenvalue weighted by atomic mass is 32.1. The lowest BCUT2D eigenvalue weighted by Gasteiger charge is -2.24. The number of isothiocyanates is 1. The number of carbonyl (C=O) groups is 8. The van der Waals surface area contributed by atoms with Crippen molar-refractivity contribution in [2.24, 2.45) is 4.99 Å². The highest BCUT2D eigenvalue weighted by Gasteiger charge is 2.19. The van der Waals surface area contributed by atoms with Crippen molar-refractivity contribution < 1.29 is 93.0 Å². The predicted octanol–water partition coefficient (Wildman–Crippen LogP) is 3.17. The van der Waals surface area contributed by atoms with Gasteiger partial charge in [-0.3, -0.25) is 39.1 Å². The van der Waals surface area contributed by atoms with Gasteiger partial charge in [0.25, 0.3) is 0 Å². The van der Waals surface area contributed by atoms with E-state index in [1.54, 1.807) is 30.3 Å². The summed E-state index contributed by atoms with van der Waals surface area (Å²) >= 11 is 4.76. The molecule has 0 aliphatic carbocycles. The summed E-state index contributed by atoms with van der Waals surface area (Å²) in [7, 11) is 0. The molecule has 5 rings (SSSR count). The van der Waals surface area contributed by atoms with Gasteiger partial charge in [-0.1, -0.05) is 35.8 Å². The van der Waals surface area contributed by atoms with Crippen molar-refractivity contribution >= 4 is 71.1 Å². The van der Waals surface area contributed by atoms with Crippen LogP contribution in [0.3, 0.4) is 0 Å². The Kier molecular flexibility index (Phi) is 23.9. The minimum Gasteiger partial charge on any atom is -0.482 e. The second-order valence-corrected chi connectivity index (χ2v) is 17.5. The van der Waals surface area contributed by atoms with Crippen molar-refractivity contribution in [1.82, 2.24) is 24.7 Å². The van der Waals surface area contributed by atoms with E-state index >= 15 is 0 Å². The Morgan fingerprint density at radius 1 is 0.469 bits per heavy atom. The summed E-state index contributed by atoms with van der Waals surface area (Å²) in [5, 5.41) is 68.3. The first-order valence-electron chi connectivity index (χ1n) is 23.8. The number of pyridine rings is 2. The van der Waals surface area contributed by atoms with Gasteiger partial charge in [-0.25, -0.2) is 19.2 Å². The van der Waals surface area contributed by atoms with Crippen LogP contribution in [0.5, 0.6) is 23.0 Å². The van der Waals surface area contributed by atoms with Crippen LogP contribution in [0.2, 0.25) is 0 Å². The molecule has 420 valence electrons. The van der Waals surface area contributed by atoms with E-state index < -0.39 is 87.8 Å². The highest BCUT2D eigenvalue weighted by Crippen LogP contribution is 2.25. The standard InChI is InChI=1S/C55H50N6O19S/c62-12-11-60(27-49(63)64)25-43-15-36(1-3-38-17-45(77-30-52(69)70)21-46(18-38)78-31-53(71)72)13-41(57-43)23-59(10-9-35-5-7-40(8-6-35)56-34-81)24-42-14-37(16-44(58-42)26-61(28-50(65)66)29-51(67)68)2-4-39-19-47(79-32-54(73)74)22-48(20-39)80-33-55(75)76/h5-8,12-22H,9-11,23-33H2,(H,63,64)(H,65,66)(H,67,68)(H,69,70)(H,71,72)(H,73,74)(H,75,76). The number of carboxylic acids is 7. The maximum atomic E-state index is 11.9. The number of aliphatic imine (C=N–C) groups is 1. The van der Waals surface area contributed by atoms with Crippen LogP contribution in [0.1, 0.15) is 50.6 Å². The monoisotopic (exact) mass is 1130 g/mol. The summed E-state index contributed by atoms with van der Waals surface area (Å²) in [5.41, 5.74) is 3.70. The summed E-state index contributed by atoms with van der Waals surface area (Å²) in [6, 6.07) is 21.7. The van der Waals surface area contributed by atoms with Crippen molar-refractivity contribution in [3.8, 4) is 46.7 Å². The van der Waals surface area contributed by atoms with E-state index in [0.717, 1.165) is 10.5 Å². The van der Waals surface area contributed by atoms with Crippen LogP contribution in [-0.4, -0.2) is 173 Å². The van der Waals surface area contributed by atoms with Crippen molar-refractivity contribution in [1.29, 1.82) is 0 Å². The Labute approximate surface area is 466 Å². The zero-order chi connectivity index (χ0) is 58.8. The van der Waals surface area contributed by atoms with Gasteiger partial charge < -0.3 is 59.5 Å². The van der Waals surface area contributed by atoms with Crippen LogP contribution in [0.15, 0.2) is 89.9 Å². The van der Waals surface area contributed by atoms with Gasteiger partial charge in [0.15, 0.2) is 26.4 Å². The average Bonchev–Trinajstić information content (AvgIpc) is 3.41. The van der Waals surface area contributed by atoms with Crippen LogP contribution in [0.4, 0.5) is 5.69 Å². The maximum absolute atomic E-state index is 11.9. The van der Waals surface area contributed by atoms with E-state index in [9.17, 15) is 74.1 Å². The number of benzene rings is 3. The fourth-order valence-corrected chi connectivity index (χ4v) is 7.60. The average molecular weight is 1130 g/mol. The van der Waals surface area contributed by atoms with E-state index in [0.29, 0.717) is 53.1 Å². The number of aromatic nitrogens is 2. The molecule has 0 unspecified atom stereocenters. The topological polar surface area (TPSA) is 363 Å². The third-order valence-electron chi connectivity index (χ3n) is 10.6. The van der Waals surface area contributed by atoms with Gasteiger partial charge in [0.2, 0.25) is 0 Å². The van der Waals surface area contributed by atoms with Crippen LogP contribution < -0.4 is 18.9 Å². The number of rotatable bonds is 32. The molecule has 5 aromatic rings. The molecule has 0 bridgehead atoms. The number of carbonyl (C=O) groups excluding carboxylic acids is 1. The summed E-state index contributed by atoms with van der Waals surface area (Å²) in [6.07, 6.45) is 0.952. The quantitative estimate of drug-likeness (QED) is 0.0141. The molecule has 0 amide bonds. The summed E-state index contributed by atoms with van der Waals surface area (Å²) in [5.74, 6) is 2.92. The van der Waals surface area contributed by atoms with Crippen molar-refractivity contribution in [3.05, 3.63) is 136 Å². The largest absolute Gasteiger partial charge is 0.482 e. The van der Waals surface area contributed by atoms with Gasteiger partial charge in [0.1, 0.15) is 29.3 Å². The molecule has 2 aromatic heterocycles. The normalized spacial score (nSPS) is 10.6. The molecule has 3 aromatic carbocycles. The first kappa shape index (κ1) is 61.8. The molecule has 7 N–H and O–H groups in total. The van der Waals surface area contributed by atoms with Gasteiger partial charge in [0.05, 0.1) is 59.8 Å². The van der Waals surface area contributed by atoms with Crippen molar-refractivity contribution in [3.63, 3.8) is 0 Å². The van der Waals surface area contributed by atoms with E-state index in [1.165, 1.54) is 47.4 Å². The van der Waals surface area contributed by atoms with Gasteiger partial charge in [0, 0.05) is 67.1 Å². The maximum Gasteiger partial charge on any atom is 0.341 e. The van der Waals surface area contributed by atoms with Crippen LogP contribution >= 0.6 is 12.2 Å². The van der Waals surface area contributed by atoms with Crippen molar-refractivity contribution in [2.75, 3.05) is 59.2 Å². The molecule has 0 aliphatic heterocycles. The molecule has 81 heavy (non-hydrogen) atoms. The molecule has 26 heteroatoms. The number of ether oxygens (including phenoxy) is 4. The number of carboxylic acid groups (broad SMARTS) is 7. The molecule has 0 radical (unpaired) electrons. The molecule has 0 aliphatic rings. The fourth-order valence-electron chi connectivity index (χ4n) is 7.50. The van der Waals surface area contributed by atoms with Crippen LogP contribution in [0.25, 0.3) is 0 Å². The zero-order valence-corrected chi connectivity index (χ0v) is 43.5. The third kappa shape index (κ3) is 23.6. The Hall–Kier alpha value is -10.1. The highest BCUT2D eigenvalue weighted by molar-refractivity contribution is 7.78. The second kappa shape index (κ2) is 31.4. The molecule has 2 heterocycles. The number of hydrogen-bond acceptors (Lipinski definition) is 19. The van der Waals surface area contributed by atoms with E-state index in [1.807, 2.05) is 17.0 Å². The fraction of sp³-hybridized carbons (Fsp3) is 0.255. The number of aliphatic carboxylic acids is 7. The first-order chi connectivity index (χ1) is 38.7. The van der Waals surface area contributed by atoms with Gasteiger partial charge in [-0.2, -0.15) is 4.99 Å². The molecule has 0 atom stereocenters. The Morgan fingerprint density at radius 3 is 1.14 bits per heavy atom. The van der Waals surface area contributed by atoms with Gasteiger partial charge >= 0.3 is 41.8 Å². The SMILES string of the molecule is O=CCN(CC(=O)O)Cc1cc(C#Cc2cc(OCC(=O)O)cc(OCC(=O)O)c2)cc(CN(CCc2ccc(N=C=S)cc2)Cc2cc(C#Cc3cc(OCC(=O)O)cc(OCC(=O)O)c3)cc(CN(CC(=O)O)CC(=O)O)n2)n1. The van der Waals surface area contributed by atoms with Gasteiger partial charge in [-0.05, 0) is 84.9 Å². The zero-order valence-electron chi connectivity index (χ0n) is 42.7. The minimum absolute atomic E-state index is 0.00551. The van der Waals surface area contributed by atoms with E-state index in [4.69, 9.17) is 41.1 Å².